The Bertz CT molecular complexity index is 310. The fraction of sp³-hybridized carbons (Fsp3) is 0.500. The van der Waals surface area contributed by atoms with Crippen LogP contribution in [0.25, 0.3) is 0 Å². The summed E-state index contributed by atoms with van der Waals surface area (Å²) in [5.74, 6) is 0.794. The summed E-state index contributed by atoms with van der Waals surface area (Å²) in [6.45, 7) is 4.67. The lowest BCUT2D eigenvalue weighted by molar-refractivity contribution is 0.373. The van der Waals surface area contributed by atoms with Crippen molar-refractivity contribution < 1.29 is 9.84 Å². The van der Waals surface area contributed by atoms with E-state index in [4.69, 9.17) is 4.74 Å². The molecule has 0 radical (unpaired) electrons. The van der Waals surface area contributed by atoms with Gasteiger partial charge in [0.2, 0.25) is 0 Å². The van der Waals surface area contributed by atoms with Crippen molar-refractivity contribution in [3.63, 3.8) is 0 Å². The first kappa shape index (κ1) is 12.1. The fourth-order valence-corrected chi connectivity index (χ4v) is 2.41. The van der Waals surface area contributed by atoms with E-state index in [1.54, 1.807) is 13.2 Å². The smallest absolute Gasteiger partial charge is 0.307 e. The zero-order valence-electron chi connectivity index (χ0n) is 9.71. The molecule has 0 fully saturated rings. The van der Waals surface area contributed by atoms with Crippen molar-refractivity contribution in [2.75, 3.05) is 7.11 Å². The van der Waals surface area contributed by atoms with Crippen molar-refractivity contribution in [2.24, 2.45) is 0 Å². The number of hydrogen-bond acceptors (Lipinski definition) is 2. The minimum absolute atomic E-state index is 0.108. The number of benzene rings is 1. The summed E-state index contributed by atoms with van der Waals surface area (Å²) in [6.07, 6.45) is 2.31. The van der Waals surface area contributed by atoms with Gasteiger partial charge < -0.3 is 9.84 Å². The van der Waals surface area contributed by atoms with Crippen molar-refractivity contribution >= 4 is 8.80 Å². The van der Waals surface area contributed by atoms with Crippen LogP contribution in [0.2, 0.25) is 19.1 Å². The van der Waals surface area contributed by atoms with Gasteiger partial charge in [-0.05, 0) is 30.5 Å². The third kappa shape index (κ3) is 3.96. The summed E-state index contributed by atoms with van der Waals surface area (Å²) < 4.78 is 5.07. The van der Waals surface area contributed by atoms with Crippen LogP contribution in [-0.4, -0.2) is 21.0 Å². The molecule has 2 nitrogen and oxygen atoms in total. The second-order valence-corrected chi connectivity index (χ2v) is 6.98. The number of phenolic OH excluding ortho intramolecular Hbond substituents is 1. The van der Waals surface area contributed by atoms with Gasteiger partial charge in [0.05, 0.1) is 26.2 Å². The fourth-order valence-electron chi connectivity index (χ4n) is 1.52. The van der Waals surface area contributed by atoms with Crippen LogP contribution < -0.4 is 4.74 Å². The highest BCUT2D eigenvalue weighted by atomic mass is 28.3. The highest BCUT2D eigenvalue weighted by Crippen LogP contribution is 2.26. The van der Waals surface area contributed by atoms with E-state index in [1.165, 1.54) is 18.0 Å². The zero-order valence-corrected chi connectivity index (χ0v) is 10.7. The summed E-state index contributed by atoms with van der Waals surface area (Å²) >= 11 is 0. The van der Waals surface area contributed by atoms with Crippen molar-refractivity contribution in [1.29, 1.82) is 0 Å². The van der Waals surface area contributed by atoms with Crippen LogP contribution in [-0.2, 0) is 6.42 Å². The third-order valence-corrected chi connectivity index (χ3v) is 3.74. The zero-order chi connectivity index (χ0) is 11.3. The van der Waals surface area contributed by atoms with Gasteiger partial charge in [-0.15, -0.1) is 0 Å². The highest BCUT2D eigenvalue weighted by molar-refractivity contribution is 6.55. The van der Waals surface area contributed by atoms with Gasteiger partial charge in [0.1, 0.15) is 0 Å². The van der Waals surface area contributed by atoms with Crippen LogP contribution in [0.4, 0.5) is 0 Å². The van der Waals surface area contributed by atoms with E-state index in [1.807, 2.05) is 12.1 Å². The maximum Gasteiger partial charge on any atom is 0.307 e. The van der Waals surface area contributed by atoms with E-state index in [9.17, 15) is 5.11 Å². The summed E-state index contributed by atoms with van der Waals surface area (Å²) in [7, 11) is 1.47. The van der Waals surface area contributed by atoms with E-state index >= 15 is 0 Å². The van der Waals surface area contributed by atoms with Gasteiger partial charge >= 0.3 is 8.80 Å². The average Bonchev–Trinajstić information content (AvgIpc) is 2.20. The van der Waals surface area contributed by atoms with E-state index in [0.29, 0.717) is 5.75 Å². The molecule has 15 heavy (non-hydrogen) atoms. The molecule has 0 unspecified atom stereocenters. The Labute approximate surface area is 93.5 Å². The number of aryl methyl sites for hydroxylation is 1. The topological polar surface area (TPSA) is 29.5 Å². The first-order chi connectivity index (χ1) is 7.13. The van der Waals surface area contributed by atoms with Crippen LogP contribution in [0.15, 0.2) is 18.2 Å². The molecule has 0 saturated heterocycles. The summed E-state index contributed by atoms with van der Waals surface area (Å²) in [6, 6.07) is 6.94. The third-order valence-electron chi connectivity index (χ3n) is 2.39. The molecule has 0 spiro atoms. The second-order valence-electron chi connectivity index (χ2n) is 4.07. The normalized spacial score (nSPS) is 10.1. The van der Waals surface area contributed by atoms with Crippen LogP contribution in [0.3, 0.4) is 0 Å². The van der Waals surface area contributed by atoms with Crippen molar-refractivity contribution in [2.45, 2.75) is 32.0 Å². The molecule has 0 aromatic heterocycles. The van der Waals surface area contributed by atoms with Gasteiger partial charge in [-0.3, -0.25) is 0 Å². The van der Waals surface area contributed by atoms with Gasteiger partial charge in [0, 0.05) is 0 Å². The molecule has 0 aliphatic heterocycles. The predicted octanol–water partition coefficient (Wildman–Crippen LogP) is 3.09. The first-order valence-electron chi connectivity index (χ1n) is 5.28. The molecule has 82 valence electrons. The minimum atomic E-state index is -0.108. The molecular formula is C12H19O2Si+. The minimum Gasteiger partial charge on any atom is -0.504 e. The lowest BCUT2D eigenvalue weighted by atomic mass is 10.1. The lowest BCUT2D eigenvalue weighted by Gasteiger charge is -2.05. The SMILES string of the molecule is COc1cc(CCC[Si+](C)C)ccc1O. The van der Waals surface area contributed by atoms with E-state index in [0.717, 1.165) is 6.42 Å². The van der Waals surface area contributed by atoms with Crippen molar-refractivity contribution in [3.8, 4) is 11.5 Å². The average molecular weight is 223 g/mol. The molecule has 0 amide bonds. The number of hydrogen-bond donors (Lipinski definition) is 1. The van der Waals surface area contributed by atoms with Crippen LogP contribution in [0.5, 0.6) is 11.5 Å². The molecule has 0 atom stereocenters. The molecule has 0 bridgehead atoms. The first-order valence-corrected chi connectivity index (χ1v) is 7.99. The van der Waals surface area contributed by atoms with Crippen molar-refractivity contribution in [1.82, 2.24) is 0 Å². The molecule has 1 aromatic carbocycles. The standard InChI is InChI=1S/C12H18O2Si/c1-14-12-9-10(6-7-11(12)13)5-4-8-15(2)3/h6-7,9H,4-5,8H2,1-3H3/p+1. The number of ether oxygens (including phenoxy) is 1. The van der Waals surface area contributed by atoms with Gasteiger partial charge in [-0.25, -0.2) is 0 Å². The summed E-state index contributed by atoms with van der Waals surface area (Å²) in [5.41, 5.74) is 1.24. The second kappa shape index (κ2) is 5.81. The molecular weight excluding hydrogens is 204 g/mol. The molecule has 0 aliphatic rings. The number of phenols is 1. The maximum atomic E-state index is 9.43. The molecule has 1 aromatic rings. The molecule has 0 heterocycles. The Balaban J connectivity index is 2.54. The van der Waals surface area contributed by atoms with Crippen LogP contribution in [0.1, 0.15) is 12.0 Å². The Morgan fingerprint density at radius 3 is 2.67 bits per heavy atom. The van der Waals surface area contributed by atoms with Crippen molar-refractivity contribution in [3.05, 3.63) is 23.8 Å². The number of rotatable bonds is 5. The predicted molar refractivity (Wildman–Crippen MR) is 65.3 cm³/mol. The molecule has 0 saturated carbocycles. The Morgan fingerprint density at radius 2 is 2.07 bits per heavy atom. The van der Waals surface area contributed by atoms with E-state index in [2.05, 4.69) is 13.1 Å². The number of methoxy groups -OCH3 is 1. The quantitative estimate of drug-likeness (QED) is 0.777. The molecule has 1 rings (SSSR count). The van der Waals surface area contributed by atoms with Gasteiger partial charge in [0.15, 0.2) is 11.5 Å². The van der Waals surface area contributed by atoms with Gasteiger partial charge in [-0.1, -0.05) is 6.07 Å². The van der Waals surface area contributed by atoms with Crippen LogP contribution >= 0.6 is 0 Å². The Kier molecular flexibility index (Phi) is 4.69. The van der Waals surface area contributed by atoms with Gasteiger partial charge in [-0.2, -0.15) is 0 Å². The monoisotopic (exact) mass is 223 g/mol. The number of aromatic hydroxyl groups is 1. The molecule has 1 N–H and O–H groups in total. The Morgan fingerprint density at radius 1 is 1.33 bits per heavy atom. The molecule has 0 aliphatic carbocycles. The summed E-state index contributed by atoms with van der Waals surface area (Å²) in [4.78, 5) is 0. The van der Waals surface area contributed by atoms with E-state index < -0.39 is 0 Å². The Hall–Kier alpha value is -0.963. The van der Waals surface area contributed by atoms with E-state index in [-0.39, 0.29) is 14.5 Å². The largest absolute Gasteiger partial charge is 0.504 e. The summed E-state index contributed by atoms with van der Waals surface area (Å²) in [5, 5.41) is 9.43. The molecule has 3 heteroatoms. The lowest BCUT2D eigenvalue weighted by Crippen LogP contribution is -1.99. The van der Waals surface area contributed by atoms with Gasteiger partial charge in [0.25, 0.3) is 0 Å². The van der Waals surface area contributed by atoms with Crippen LogP contribution in [0, 0.1) is 0 Å². The highest BCUT2D eigenvalue weighted by Gasteiger charge is 2.10. The maximum absolute atomic E-state index is 9.43.